The van der Waals surface area contributed by atoms with Gasteiger partial charge < -0.3 is 15.4 Å². The molecule has 0 aromatic rings. The Balaban J connectivity index is 0.00000242. The van der Waals surface area contributed by atoms with Gasteiger partial charge in [0.2, 0.25) is 0 Å². The van der Waals surface area contributed by atoms with Crippen LogP contribution >= 0.6 is 35.7 Å². The summed E-state index contributed by atoms with van der Waals surface area (Å²) in [7, 11) is 0. The summed E-state index contributed by atoms with van der Waals surface area (Å²) in [6.45, 7) is 8.72. The van der Waals surface area contributed by atoms with E-state index < -0.39 is 0 Å². The van der Waals surface area contributed by atoms with Gasteiger partial charge in [0.25, 0.3) is 0 Å². The van der Waals surface area contributed by atoms with E-state index in [0.717, 1.165) is 57.1 Å². The van der Waals surface area contributed by atoms with Crippen molar-refractivity contribution in [1.29, 1.82) is 0 Å². The molecule has 2 unspecified atom stereocenters. The fraction of sp³-hybridized carbons (Fsp3) is 0.933. The minimum Gasteiger partial charge on any atom is -0.379 e. The number of guanidine groups is 1. The zero-order chi connectivity index (χ0) is 14.9. The highest BCUT2D eigenvalue weighted by Gasteiger charge is 2.24. The van der Waals surface area contributed by atoms with Crippen molar-refractivity contribution in [3.05, 3.63) is 0 Å². The number of rotatable bonds is 6. The predicted molar refractivity (Wildman–Crippen MR) is 107 cm³/mol. The van der Waals surface area contributed by atoms with E-state index in [1.54, 1.807) is 0 Å². The van der Waals surface area contributed by atoms with Crippen molar-refractivity contribution in [1.82, 2.24) is 15.5 Å². The third-order valence-electron chi connectivity index (χ3n) is 4.19. The lowest BCUT2D eigenvalue weighted by molar-refractivity contribution is 0.0394. The summed E-state index contributed by atoms with van der Waals surface area (Å²) in [5.74, 6) is 0.984. The lowest BCUT2D eigenvalue weighted by Crippen LogP contribution is -2.43. The van der Waals surface area contributed by atoms with Crippen LogP contribution in [0.15, 0.2) is 4.99 Å². The molecule has 0 amide bonds. The molecule has 1 aliphatic carbocycles. The SMILES string of the molecule is CCNC(=NCCN1CCOCC1)NC1CCC(SC)C1.I. The summed E-state index contributed by atoms with van der Waals surface area (Å²) < 4.78 is 5.37. The summed E-state index contributed by atoms with van der Waals surface area (Å²) in [6, 6.07) is 0.587. The first-order valence-corrected chi connectivity index (χ1v) is 9.48. The molecule has 2 N–H and O–H groups in total. The Bertz CT molecular complexity index is 327. The number of nitrogens with zero attached hydrogens (tertiary/aromatic N) is 2. The van der Waals surface area contributed by atoms with Crippen molar-refractivity contribution in [2.75, 3.05) is 52.2 Å². The normalized spacial score (nSPS) is 26.5. The van der Waals surface area contributed by atoms with Gasteiger partial charge in [0, 0.05) is 37.5 Å². The number of hydrogen-bond acceptors (Lipinski definition) is 4. The zero-order valence-electron chi connectivity index (χ0n) is 13.8. The number of nitrogens with one attached hydrogen (secondary N) is 2. The Kier molecular flexibility index (Phi) is 10.9. The first kappa shape index (κ1) is 20.3. The van der Waals surface area contributed by atoms with E-state index in [2.05, 4.69) is 28.7 Å². The summed E-state index contributed by atoms with van der Waals surface area (Å²) >= 11 is 1.99. The maximum absolute atomic E-state index is 5.37. The molecular formula is C15H31IN4OS. The van der Waals surface area contributed by atoms with Crippen molar-refractivity contribution in [2.24, 2.45) is 4.99 Å². The largest absolute Gasteiger partial charge is 0.379 e. The number of morpholine rings is 1. The van der Waals surface area contributed by atoms with Crippen molar-refractivity contribution in [2.45, 2.75) is 37.5 Å². The summed E-state index contributed by atoms with van der Waals surface area (Å²) in [4.78, 5) is 7.15. The molecule has 0 bridgehead atoms. The maximum Gasteiger partial charge on any atom is 0.191 e. The second-order valence-electron chi connectivity index (χ2n) is 5.73. The van der Waals surface area contributed by atoms with E-state index in [0.29, 0.717) is 6.04 Å². The number of thioether (sulfide) groups is 1. The first-order chi connectivity index (χ1) is 10.3. The Labute approximate surface area is 156 Å². The first-order valence-electron chi connectivity index (χ1n) is 8.19. The molecule has 0 spiro atoms. The van der Waals surface area contributed by atoms with Crippen molar-refractivity contribution in [3.8, 4) is 0 Å². The Morgan fingerprint density at radius 3 is 2.73 bits per heavy atom. The van der Waals surface area contributed by atoms with Gasteiger partial charge in [-0.05, 0) is 32.4 Å². The van der Waals surface area contributed by atoms with Crippen molar-refractivity contribution < 1.29 is 4.74 Å². The Hall–Kier alpha value is 0.270. The van der Waals surface area contributed by atoms with E-state index in [-0.39, 0.29) is 24.0 Å². The molecule has 0 aromatic heterocycles. The standard InChI is InChI=1S/C15H30N4OS.HI/c1-3-16-15(18-13-4-5-14(12-13)21-2)17-6-7-19-8-10-20-11-9-19;/h13-14H,3-12H2,1-2H3,(H2,16,17,18);1H. The van der Waals surface area contributed by atoms with Crippen LogP contribution in [0.4, 0.5) is 0 Å². The monoisotopic (exact) mass is 442 g/mol. The van der Waals surface area contributed by atoms with Gasteiger partial charge in [-0.3, -0.25) is 9.89 Å². The third kappa shape index (κ3) is 7.23. The number of ether oxygens (including phenoxy) is 1. The van der Waals surface area contributed by atoms with Gasteiger partial charge in [0.05, 0.1) is 19.8 Å². The topological polar surface area (TPSA) is 48.9 Å². The second-order valence-corrected chi connectivity index (χ2v) is 6.86. The van der Waals surface area contributed by atoms with E-state index in [9.17, 15) is 0 Å². The van der Waals surface area contributed by atoms with Crippen LogP contribution in [0.25, 0.3) is 0 Å². The van der Waals surface area contributed by atoms with Crippen molar-refractivity contribution in [3.63, 3.8) is 0 Å². The Morgan fingerprint density at radius 1 is 1.32 bits per heavy atom. The van der Waals surface area contributed by atoms with Crippen LogP contribution in [0.5, 0.6) is 0 Å². The smallest absolute Gasteiger partial charge is 0.191 e. The average molecular weight is 442 g/mol. The molecule has 2 fully saturated rings. The number of hydrogen-bond donors (Lipinski definition) is 2. The molecular weight excluding hydrogens is 411 g/mol. The summed E-state index contributed by atoms with van der Waals surface area (Å²) in [5.41, 5.74) is 0. The molecule has 1 saturated heterocycles. The second kappa shape index (κ2) is 11.8. The van der Waals surface area contributed by atoms with E-state index in [1.807, 2.05) is 11.8 Å². The Morgan fingerprint density at radius 2 is 2.09 bits per heavy atom. The molecule has 5 nitrogen and oxygen atoms in total. The van der Waals surface area contributed by atoms with Crippen LogP contribution < -0.4 is 10.6 Å². The quantitative estimate of drug-likeness (QED) is 0.373. The molecule has 0 aromatic carbocycles. The van der Waals surface area contributed by atoms with Crippen LogP contribution in [0.3, 0.4) is 0 Å². The minimum atomic E-state index is 0. The molecule has 2 aliphatic rings. The molecule has 0 radical (unpaired) electrons. The third-order valence-corrected chi connectivity index (χ3v) is 5.29. The average Bonchev–Trinajstić information content (AvgIpc) is 2.96. The molecule has 130 valence electrons. The fourth-order valence-electron chi connectivity index (χ4n) is 2.93. The summed E-state index contributed by atoms with van der Waals surface area (Å²) in [5, 5.41) is 7.79. The van der Waals surface area contributed by atoms with Gasteiger partial charge in [-0.2, -0.15) is 11.8 Å². The van der Waals surface area contributed by atoms with Gasteiger partial charge in [-0.25, -0.2) is 0 Å². The predicted octanol–water partition coefficient (Wildman–Crippen LogP) is 1.78. The van der Waals surface area contributed by atoms with Crippen LogP contribution in [-0.2, 0) is 4.74 Å². The maximum atomic E-state index is 5.37. The van der Waals surface area contributed by atoms with E-state index >= 15 is 0 Å². The molecule has 2 rings (SSSR count). The van der Waals surface area contributed by atoms with Crippen LogP contribution in [0, 0.1) is 0 Å². The summed E-state index contributed by atoms with van der Waals surface area (Å²) in [6.07, 6.45) is 6.06. The van der Waals surface area contributed by atoms with E-state index in [4.69, 9.17) is 9.73 Å². The van der Waals surface area contributed by atoms with Crippen molar-refractivity contribution >= 4 is 41.7 Å². The lowest BCUT2D eigenvalue weighted by Gasteiger charge is -2.26. The van der Waals surface area contributed by atoms with Gasteiger partial charge in [-0.1, -0.05) is 0 Å². The number of aliphatic imine (C=N–C) groups is 1. The number of halogens is 1. The van der Waals surface area contributed by atoms with Gasteiger partial charge in [0.1, 0.15) is 0 Å². The van der Waals surface area contributed by atoms with E-state index in [1.165, 1.54) is 19.3 Å². The van der Waals surface area contributed by atoms with Crippen LogP contribution in [0.2, 0.25) is 0 Å². The van der Waals surface area contributed by atoms with Crippen LogP contribution in [-0.4, -0.2) is 74.3 Å². The highest BCUT2D eigenvalue weighted by Crippen LogP contribution is 2.27. The van der Waals surface area contributed by atoms with Gasteiger partial charge in [0.15, 0.2) is 5.96 Å². The highest BCUT2D eigenvalue weighted by atomic mass is 127. The highest BCUT2D eigenvalue weighted by molar-refractivity contribution is 14.0. The molecule has 1 saturated carbocycles. The van der Waals surface area contributed by atoms with Gasteiger partial charge in [-0.15, -0.1) is 24.0 Å². The lowest BCUT2D eigenvalue weighted by atomic mass is 10.2. The molecule has 1 aliphatic heterocycles. The molecule has 1 heterocycles. The molecule has 22 heavy (non-hydrogen) atoms. The molecule has 7 heteroatoms. The molecule has 2 atom stereocenters. The van der Waals surface area contributed by atoms with Gasteiger partial charge >= 0.3 is 0 Å². The fourth-order valence-corrected chi connectivity index (χ4v) is 3.72. The van der Waals surface area contributed by atoms with Crippen LogP contribution in [0.1, 0.15) is 26.2 Å². The zero-order valence-corrected chi connectivity index (χ0v) is 17.0. The minimum absolute atomic E-state index is 0.